The highest BCUT2D eigenvalue weighted by Gasteiger charge is 2.08. The zero-order valence-corrected chi connectivity index (χ0v) is 12.3. The summed E-state index contributed by atoms with van der Waals surface area (Å²) in [5, 5.41) is 3.76. The predicted molar refractivity (Wildman–Crippen MR) is 86.9 cm³/mol. The summed E-state index contributed by atoms with van der Waals surface area (Å²) in [6, 6.07) is 15.5. The van der Waals surface area contributed by atoms with Crippen LogP contribution >= 0.6 is 0 Å². The van der Waals surface area contributed by atoms with Gasteiger partial charge >= 0.3 is 0 Å². The molecule has 0 aliphatic heterocycles. The van der Waals surface area contributed by atoms with Crippen LogP contribution in [0.2, 0.25) is 0 Å². The Kier molecular flexibility index (Phi) is 4.47. The fraction of sp³-hybridized carbons (Fsp3) is 0.111. The second-order valence-corrected chi connectivity index (χ2v) is 4.96. The first-order chi connectivity index (χ1) is 11.2. The Balaban J connectivity index is 1.60. The van der Waals surface area contributed by atoms with Crippen molar-refractivity contribution in [2.45, 2.75) is 6.42 Å². The topological polar surface area (TPSA) is 51.2 Å². The van der Waals surface area contributed by atoms with Crippen molar-refractivity contribution in [2.24, 2.45) is 0 Å². The number of nitrogens with one attached hydrogen (secondary N) is 1. The lowest BCUT2D eigenvalue weighted by molar-refractivity contribution is -0.116. The number of rotatable bonds is 5. The summed E-state index contributed by atoms with van der Waals surface area (Å²) < 4.78 is 18.7. The number of halogens is 1. The molecule has 0 fully saturated rings. The summed E-state index contributed by atoms with van der Waals surface area (Å²) in [6.07, 6.45) is 1.80. The third kappa shape index (κ3) is 3.63. The van der Waals surface area contributed by atoms with Crippen LogP contribution in [-0.4, -0.2) is 17.5 Å². The van der Waals surface area contributed by atoms with Gasteiger partial charge in [-0.2, -0.15) is 0 Å². The number of carbonyl (C=O) groups is 1. The Bertz CT molecular complexity index is 831. The second-order valence-electron chi connectivity index (χ2n) is 4.96. The number of anilines is 1. The fourth-order valence-electron chi connectivity index (χ4n) is 2.23. The first-order valence-corrected chi connectivity index (χ1v) is 7.25. The lowest BCUT2D eigenvalue weighted by Gasteiger charge is -2.09. The molecule has 0 spiro atoms. The number of ether oxygens (including phenoxy) is 1. The van der Waals surface area contributed by atoms with Gasteiger partial charge in [0.15, 0.2) is 11.6 Å². The number of pyridine rings is 1. The van der Waals surface area contributed by atoms with Gasteiger partial charge in [-0.05, 0) is 24.3 Å². The van der Waals surface area contributed by atoms with E-state index in [1.807, 2.05) is 24.3 Å². The average Bonchev–Trinajstić information content (AvgIpc) is 2.57. The summed E-state index contributed by atoms with van der Waals surface area (Å²) in [5.41, 5.74) is 1.39. The number of aromatic nitrogens is 1. The first kappa shape index (κ1) is 15.0. The number of carbonyl (C=O) groups excluding carboxylic acids is 1. The Morgan fingerprint density at radius 3 is 2.78 bits per heavy atom. The Hall–Kier alpha value is -2.95. The van der Waals surface area contributed by atoms with E-state index >= 15 is 0 Å². The van der Waals surface area contributed by atoms with Crippen molar-refractivity contribution in [1.29, 1.82) is 0 Å². The second kappa shape index (κ2) is 6.87. The first-order valence-electron chi connectivity index (χ1n) is 7.25. The van der Waals surface area contributed by atoms with Gasteiger partial charge in [-0.25, -0.2) is 4.39 Å². The van der Waals surface area contributed by atoms with E-state index in [-0.39, 0.29) is 24.7 Å². The molecule has 1 amide bonds. The fourth-order valence-corrected chi connectivity index (χ4v) is 2.23. The van der Waals surface area contributed by atoms with Crippen LogP contribution in [0.15, 0.2) is 60.8 Å². The lowest BCUT2D eigenvalue weighted by Crippen LogP contribution is -2.15. The predicted octanol–water partition coefficient (Wildman–Crippen LogP) is 3.78. The van der Waals surface area contributed by atoms with E-state index in [0.717, 1.165) is 10.9 Å². The molecule has 0 atom stereocenters. The van der Waals surface area contributed by atoms with Gasteiger partial charge < -0.3 is 10.1 Å². The molecule has 1 heterocycles. The van der Waals surface area contributed by atoms with Crippen molar-refractivity contribution >= 4 is 22.5 Å². The molecule has 23 heavy (non-hydrogen) atoms. The highest BCUT2D eigenvalue weighted by Crippen LogP contribution is 2.21. The smallest absolute Gasteiger partial charge is 0.227 e. The molecule has 0 unspecified atom stereocenters. The number of hydrogen-bond donors (Lipinski definition) is 1. The maximum atomic E-state index is 13.4. The highest BCUT2D eigenvalue weighted by atomic mass is 19.1. The van der Waals surface area contributed by atoms with E-state index in [2.05, 4.69) is 10.3 Å². The molecule has 3 aromatic rings. The molecule has 0 radical (unpaired) electrons. The third-order valence-electron chi connectivity index (χ3n) is 3.33. The Labute approximate surface area is 132 Å². The van der Waals surface area contributed by atoms with Crippen molar-refractivity contribution in [1.82, 2.24) is 4.98 Å². The van der Waals surface area contributed by atoms with E-state index in [9.17, 15) is 9.18 Å². The molecule has 2 aromatic carbocycles. The SMILES string of the molecule is O=C(CCOc1ccccc1F)Nc1cccc2cccnc12. The van der Waals surface area contributed by atoms with E-state index in [1.165, 1.54) is 12.1 Å². The molecule has 0 aliphatic carbocycles. The largest absolute Gasteiger partial charge is 0.490 e. The minimum absolute atomic E-state index is 0.102. The van der Waals surface area contributed by atoms with Crippen molar-refractivity contribution in [2.75, 3.05) is 11.9 Å². The Morgan fingerprint density at radius 1 is 1.09 bits per heavy atom. The maximum Gasteiger partial charge on any atom is 0.227 e. The van der Waals surface area contributed by atoms with Crippen LogP contribution in [0.5, 0.6) is 5.75 Å². The molecule has 1 N–H and O–H groups in total. The molecule has 0 aliphatic rings. The summed E-state index contributed by atoms with van der Waals surface area (Å²) >= 11 is 0. The van der Waals surface area contributed by atoms with Gasteiger partial charge in [-0.1, -0.05) is 30.3 Å². The molecular weight excluding hydrogens is 295 g/mol. The molecule has 0 bridgehead atoms. The van der Waals surface area contributed by atoms with Gasteiger partial charge in [-0.3, -0.25) is 9.78 Å². The van der Waals surface area contributed by atoms with Gasteiger partial charge in [-0.15, -0.1) is 0 Å². The molecule has 116 valence electrons. The minimum Gasteiger partial charge on any atom is -0.490 e. The van der Waals surface area contributed by atoms with E-state index in [0.29, 0.717) is 5.69 Å². The molecule has 5 heteroatoms. The van der Waals surface area contributed by atoms with E-state index in [1.54, 1.807) is 24.4 Å². The summed E-state index contributed by atoms with van der Waals surface area (Å²) in [4.78, 5) is 16.3. The molecule has 1 aromatic heterocycles. The van der Waals surface area contributed by atoms with Crippen LogP contribution in [0.3, 0.4) is 0 Å². The van der Waals surface area contributed by atoms with Gasteiger partial charge in [0, 0.05) is 11.6 Å². The number of benzene rings is 2. The lowest BCUT2D eigenvalue weighted by atomic mass is 10.2. The minimum atomic E-state index is -0.439. The standard InChI is InChI=1S/C18H15FN2O2/c19-14-7-1-2-9-16(14)23-12-10-17(22)21-15-8-3-5-13-6-4-11-20-18(13)15/h1-9,11H,10,12H2,(H,21,22). The van der Waals surface area contributed by atoms with Crippen LogP contribution in [0.4, 0.5) is 10.1 Å². The number of nitrogens with zero attached hydrogens (tertiary/aromatic N) is 1. The van der Waals surface area contributed by atoms with Gasteiger partial charge in [0.2, 0.25) is 5.91 Å². The maximum absolute atomic E-state index is 13.4. The van der Waals surface area contributed by atoms with E-state index in [4.69, 9.17) is 4.74 Å². The van der Waals surface area contributed by atoms with Crippen LogP contribution in [0.1, 0.15) is 6.42 Å². The summed E-state index contributed by atoms with van der Waals surface area (Å²) in [6.45, 7) is 0.102. The number of amides is 1. The van der Waals surface area contributed by atoms with Gasteiger partial charge in [0.05, 0.1) is 24.2 Å². The van der Waals surface area contributed by atoms with Crippen molar-refractivity contribution in [3.05, 3.63) is 66.6 Å². The number of fused-ring (bicyclic) bond motifs is 1. The van der Waals surface area contributed by atoms with Gasteiger partial charge in [0.25, 0.3) is 0 Å². The van der Waals surface area contributed by atoms with Crippen LogP contribution in [0, 0.1) is 5.82 Å². The van der Waals surface area contributed by atoms with Crippen LogP contribution in [-0.2, 0) is 4.79 Å². The van der Waals surface area contributed by atoms with Crippen molar-refractivity contribution < 1.29 is 13.9 Å². The third-order valence-corrected chi connectivity index (χ3v) is 3.33. The van der Waals surface area contributed by atoms with Crippen LogP contribution < -0.4 is 10.1 Å². The Morgan fingerprint density at radius 2 is 1.91 bits per heavy atom. The van der Waals surface area contributed by atoms with Gasteiger partial charge in [0.1, 0.15) is 0 Å². The monoisotopic (exact) mass is 310 g/mol. The normalized spacial score (nSPS) is 10.5. The molecule has 0 saturated carbocycles. The quantitative estimate of drug-likeness (QED) is 0.780. The molecule has 3 rings (SSSR count). The van der Waals surface area contributed by atoms with Crippen molar-refractivity contribution in [3.8, 4) is 5.75 Å². The molecule has 4 nitrogen and oxygen atoms in total. The van der Waals surface area contributed by atoms with E-state index < -0.39 is 5.82 Å². The zero-order valence-electron chi connectivity index (χ0n) is 12.3. The molecule has 0 saturated heterocycles. The zero-order chi connectivity index (χ0) is 16.1. The van der Waals surface area contributed by atoms with Crippen LogP contribution in [0.25, 0.3) is 10.9 Å². The average molecular weight is 310 g/mol. The highest BCUT2D eigenvalue weighted by molar-refractivity contribution is 6.00. The summed E-state index contributed by atoms with van der Waals surface area (Å²) in [7, 11) is 0. The van der Waals surface area contributed by atoms with Crippen molar-refractivity contribution in [3.63, 3.8) is 0 Å². The number of hydrogen-bond acceptors (Lipinski definition) is 3. The number of para-hydroxylation sites is 2. The summed E-state index contributed by atoms with van der Waals surface area (Å²) in [5.74, 6) is -0.502. The molecular formula is C18H15FN2O2.